The van der Waals surface area contributed by atoms with Gasteiger partial charge in [-0.15, -0.1) is 0 Å². The lowest BCUT2D eigenvalue weighted by Gasteiger charge is -2.25. The van der Waals surface area contributed by atoms with Crippen molar-refractivity contribution in [1.29, 1.82) is 0 Å². The molecule has 102 valence electrons. The van der Waals surface area contributed by atoms with Gasteiger partial charge >= 0.3 is 0 Å². The second kappa shape index (κ2) is 6.64. The first-order valence-corrected chi connectivity index (χ1v) is 7.36. The van der Waals surface area contributed by atoms with Gasteiger partial charge in [0.05, 0.1) is 0 Å². The number of carbonyl (C=O) groups is 1. The summed E-state index contributed by atoms with van der Waals surface area (Å²) in [6.07, 6.45) is 3.34. The van der Waals surface area contributed by atoms with Crippen molar-refractivity contribution in [3.8, 4) is 0 Å². The van der Waals surface area contributed by atoms with E-state index >= 15 is 0 Å². The molecule has 4 heteroatoms. The van der Waals surface area contributed by atoms with Crippen LogP contribution in [-0.2, 0) is 4.79 Å². The monoisotopic (exact) mass is 260 g/mol. The Morgan fingerprint density at radius 2 is 1.82 bits per heavy atom. The summed E-state index contributed by atoms with van der Waals surface area (Å²) in [5, 5.41) is 2.95. The zero-order valence-electron chi connectivity index (χ0n) is 12.1. The van der Waals surface area contributed by atoms with Crippen molar-refractivity contribution in [3.05, 3.63) is 0 Å². The summed E-state index contributed by atoms with van der Waals surface area (Å²) in [6.45, 7) is 11.3. The van der Waals surface area contributed by atoms with Gasteiger partial charge in [0.1, 0.15) is 0 Å². The molecule has 0 spiro atoms. The highest BCUT2D eigenvalue weighted by molar-refractivity contribution is 7.99. The number of hydrogen-bond donors (Lipinski definition) is 2. The zero-order valence-corrected chi connectivity index (χ0v) is 12.9. The van der Waals surface area contributed by atoms with Crippen LogP contribution in [0.15, 0.2) is 0 Å². The van der Waals surface area contributed by atoms with E-state index in [-0.39, 0.29) is 22.1 Å². The standard InChI is InChI=1S/C13H28N2OS/c1-12(2,3)8-10(14)7-11(16)15-9-13(4,5)17-6/h10H,7-9,14H2,1-6H3,(H,15,16). The Balaban J connectivity index is 3.95. The largest absolute Gasteiger partial charge is 0.355 e. The van der Waals surface area contributed by atoms with Crippen molar-refractivity contribution < 1.29 is 4.79 Å². The SMILES string of the molecule is CSC(C)(C)CNC(=O)CC(N)CC(C)(C)C. The highest BCUT2D eigenvalue weighted by atomic mass is 32.2. The van der Waals surface area contributed by atoms with Crippen LogP contribution in [0.3, 0.4) is 0 Å². The highest BCUT2D eigenvalue weighted by Crippen LogP contribution is 2.21. The summed E-state index contributed by atoms with van der Waals surface area (Å²) in [5.74, 6) is 0.0591. The van der Waals surface area contributed by atoms with Crippen LogP contribution in [0.2, 0.25) is 0 Å². The van der Waals surface area contributed by atoms with Gasteiger partial charge in [-0.1, -0.05) is 20.8 Å². The molecule has 0 bridgehead atoms. The van der Waals surface area contributed by atoms with Gasteiger partial charge < -0.3 is 11.1 Å². The molecule has 0 heterocycles. The quantitative estimate of drug-likeness (QED) is 0.771. The van der Waals surface area contributed by atoms with E-state index in [4.69, 9.17) is 5.73 Å². The number of rotatable bonds is 6. The summed E-state index contributed by atoms with van der Waals surface area (Å²) in [6, 6.07) is -0.0487. The fraction of sp³-hybridized carbons (Fsp3) is 0.923. The Labute approximate surface area is 110 Å². The van der Waals surface area contributed by atoms with E-state index in [2.05, 4.69) is 46.2 Å². The molecule has 1 atom stereocenters. The molecule has 17 heavy (non-hydrogen) atoms. The molecule has 0 radical (unpaired) electrons. The molecule has 0 rings (SSSR count). The van der Waals surface area contributed by atoms with Gasteiger partial charge in [0.2, 0.25) is 5.91 Å². The van der Waals surface area contributed by atoms with Crippen LogP contribution in [0.25, 0.3) is 0 Å². The van der Waals surface area contributed by atoms with Crippen LogP contribution >= 0.6 is 11.8 Å². The Bertz CT molecular complexity index is 246. The van der Waals surface area contributed by atoms with E-state index in [1.54, 1.807) is 11.8 Å². The molecule has 1 amide bonds. The molecule has 0 aromatic heterocycles. The molecule has 0 saturated carbocycles. The zero-order chi connectivity index (χ0) is 13.7. The number of amides is 1. The molecule has 0 aromatic rings. The second-order valence-electron chi connectivity index (χ2n) is 6.47. The highest BCUT2D eigenvalue weighted by Gasteiger charge is 2.20. The Morgan fingerprint density at radius 3 is 2.24 bits per heavy atom. The van der Waals surface area contributed by atoms with Gasteiger partial charge in [0.25, 0.3) is 0 Å². The lowest BCUT2D eigenvalue weighted by molar-refractivity contribution is -0.121. The van der Waals surface area contributed by atoms with Gasteiger partial charge in [-0.3, -0.25) is 4.79 Å². The number of nitrogens with one attached hydrogen (secondary N) is 1. The molecular weight excluding hydrogens is 232 g/mol. The van der Waals surface area contributed by atoms with Gasteiger partial charge in [-0.25, -0.2) is 0 Å². The predicted octanol–water partition coefficient (Wildman–Crippen LogP) is 2.40. The van der Waals surface area contributed by atoms with E-state index in [0.717, 1.165) is 6.42 Å². The maximum absolute atomic E-state index is 11.7. The molecule has 0 aromatic carbocycles. The molecule has 0 fully saturated rings. The van der Waals surface area contributed by atoms with Gasteiger partial charge in [-0.2, -0.15) is 11.8 Å². The number of hydrogen-bond acceptors (Lipinski definition) is 3. The minimum atomic E-state index is -0.0487. The maximum Gasteiger partial charge on any atom is 0.221 e. The number of thioether (sulfide) groups is 1. The summed E-state index contributed by atoms with van der Waals surface area (Å²) in [4.78, 5) is 11.7. The van der Waals surface area contributed by atoms with Gasteiger partial charge in [0.15, 0.2) is 0 Å². The van der Waals surface area contributed by atoms with E-state index in [0.29, 0.717) is 13.0 Å². The Kier molecular flexibility index (Phi) is 6.56. The first-order valence-electron chi connectivity index (χ1n) is 6.13. The third kappa shape index (κ3) is 9.48. The third-order valence-electron chi connectivity index (χ3n) is 2.59. The average molecular weight is 260 g/mol. The van der Waals surface area contributed by atoms with E-state index in [1.807, 2.05) is 0 Å². The van der Waals surface area contributed by atoms with Crippen LogP contribution in [-0.4, -0.2) is 29.5 Å². The Hall–Kier alpha value is -0.220. The summed E-state index contributed by atoms with van der Waals surface area (Å²) in [7, 11) is 0. The number of carbonyl (C=O) groups excluding carboxylic acids is 1. The molecule has 3 N–H and O–H groups in total. The first-order chi connectivity index (χ1) is 7.56. The lowest BCUT2D eigenvalue weighted by Crippen LogP contribution is -2.39. The normalized spacial score (nSPS) is 14.5. The molecule has 0 saturated heterocycles. The van der Waals surface area contributed by atoms with Crippen molar-refractivity contribution >= 4 is 17.7 Å². The lowest BCUT2D eigenvalue weighted by atomic mass is 9.87. The Morgan fingerprint density at radius 1 is 1.29 bits per heavy atom. The fourth-order valence-electron chi connectivity index (χ4n) is 1.55. The van der Waals surface area contributed by atoms with Crippen molar-refractivity contribution in [2.75, 3.05) is 12.8 Å². The van der Waals surface area contributed by atoms with Crippen LogP contribution in [0, 0.1) is 5.41 Å². The predicted molar refractivity (Wildman–Crippen MR) is 77.3 cm³/mol. The van der Waals surface area contributed by atoms with Gasteiger partial charge in [0, 0.05) is 23.8 Å². The minimum Gasteiger partial charge on any atom is -0.355 e. The van der Waals surface area contributed by atoms with Crippen molar-refractivity contribution in [1.82, 2.24) is 5.32 Å². The molecule has 0 aliphatic carbocycles. The smallest absolute Gasteiger partial charge is 0.221 e. The minimum absolute atomic E-state index is 0.0487. The first kappa shape index (κ1) is 16.8. The van der Waals surface area contributed by atoms with Crippen LogP contribution in [0.5, 0.6) is 0 Å². The van der Waals surface area contributed by atoms with Crippen LogP contribution in [0.1, 0.15) is 47.5 Å². The van der Waals surface area contributed by atoms with E-state index < -0.39 is 0 Å². The van der Waals surface area contributed by atoms with Crippen LogP contribution < -0.4 is 11.1 Å². The average Bonchev–Trinajstić information content (AvgIpc) is 2.12. The summed E-state index contributed by atoms with van der Waals surface area (Å²) in [5.41, 5.74) is 6.15. The fourth-order valence-corrected chi connectivity index (χ4v) is 1.77. The van der Waals surface area contributed by atoms with Crippen LogP contribution in [0.4, 0.5) is 0 Å². The van der Waals surface area contributed by atoms with Gasteiger partial charge in [-0.05, 0) is 31.9 Å². The summed E-state index contributed by atoms with van der Waals surface area (Å²) < 4.78 is 0.0871. The molecule has 3 nitrogen and oxygen atoms in total. The number of nitrogens with two attached hydrogens (primary N) is 1. The van der Waals surface area contributed by atoms with E-state index in [9.17, 15) is 4.79 Å². The molecule has 0 aliphatic rings. The van der Waals surface area contributed by atoms with E-state index in [1.165, 1.54) is 0 Å². The second-order valence-corrected chi connectivity index (χ2v) is 7.98. The topological polar surface area (TPSA) is 55.1 Å². The molecular formula is C13H28N2OS. The van der Waals surface area contributed by atoms with Crippen molar-refractivity contribution in [2.24, 2.45) is 11.1 Å². The molecule has 1 unspecified atom stereocenters. The van der Waals surface area contributed by atoms with Crippen molar-refractivity contribution in [3.63, 3.8) is 0 Å². The maximum atomic E-state index is 11.7. The molecule has 0 aliphatic heterocycles. The third-order valence-corrected chi connectivity index (χ3v) is 3.84. The van der Waals surface area contributed by atoms with Crippen molar-refractivity contribution in [2.45, 2.75) is 58.2 Å². The summed E-state index contributed by atoms with van der Waals surface area (Å²) >= 11 is 1.75.